The Bertz CT molecular complexity index is 1170. The van der Waals surface area contributed by atoms with E-state index < -0.39 is 15.9 Å². The maximum Gasteiger partial charge on any atom is 0.243 e. The van der Waals surface area contributed by atoms with Crippen molar-refractivity contribution in [3.05, 3.63) is 87.9 Å². The molecule has 0 bridgehead atoms. The van der Waals surface area contributed by atoms with Gasteiger partial charge in [-0.05, 0) is 54.4 Å². The minimum atomic E-state index is -3.90. The van der Waals surface area contributed by atoms with Crippen LogP contribution in [0.15, 0.2) is 82.2 Å². The van der Waals surface area contributed by atoms with Gasteiger partial charge in [0, 0.05) is 16.0 Å². The van der Waals surface area contributed by atoms with Gasteiger partial charge < -0.3 is 10.1 Å². The summed E-state index contributed by atoms with van der Waals surface area (Å²) in [4.78, 5) is 12.9. The van der Waals surface area contributed by atoms with Crippen LogP contribution >= 0.6 is 27.5 Å². The number of hydrogen-bond donors (Lipinski definition) is 1. The standard InChI is InChI=1S/C23H22BrClN2O4S/c1-31-22-12-9-19(25)15-21(22)26-23(28)16-27(14-13-17-5-3-2-4-6-17)32(29,30)20-10-7-18(24)8-11-20/h2-12,15H,13-14,16H2,1H3,(H,26,28). The molecule has 3 rings (SSSR count). The average Bonchev–Trinajstić information content (AvgIpc) is 2.77. The second-order valence-electron chi connectivity index (χ2n) is 6.92. The molecule has 1 N–H and O–H groups in total. The molecule has 32 heavy (non-hydrogen) atoms. The van der Waals surface area contributed by atoms with Crippen LogP contribution in [0.25, 0.3) is 0 Å². The summed E-state index contributed by atoms with van der Waals surface area (Å²) in [5.41, 5.74) is 1.34. The predicted octanol–water partition coefficient (Wildman–Crippen LogP) is 4.98. The summed E-state index contributed by atoms with van der Waals surface area (Å²) in [5.74, 6) is -0.0753. The van der Waals surface area contributed by atoms with Crippen LogP contribution in [0, 0.1) is 0 Å². The first-order valence-electron chi connectivity index (χ1n) is 9.72. The van der Waals surface area contributed by atoms with Crippen molar-refractivity contribution in [2.45, 2.75) is 11.3 Å². The summed E-state index contributed by atoms with van der Waals surface area (Å²) in [6, 6.07) is 20.6. The zero-order valence-corrected chi connectivity index (χ0v) is 20.5. The molecule has 0 aliphatic carbocycles. The molecule has 0 spiro atoms. The highest BCUT2D eigenvalue weighted by molar-refractivity contribution is 9.10. The van der Waals surface area contributed by atoms with E-state index in [-0.39, 0.29) is 18.0 Å². The van der Waals surface area contributed by atoms with Crippen LogP contribution in [0.4, 0.5) is 5.69 Å². The van der Waals surface area contributed by atoms with Gasteiger partial charge in [0.25, 0.3) is 0 Å². The van der Waals surface area contributed by atoms with Crippen molar-refractivity contribution in [2.75, 3.05) is 25.5 Å². The van der Waals surface area contributed by atoms with Crippen molar-refractivity contribution < 1.29 is 17.9 Å². The number of halogens is 2. The van der Waals surface area contributed by atoms with Crippen LogP contribution in [0.5, 0.6) is 5.75 Å². The number of nitrogens with zero attached hydrogens (tertiary/aromatic N) is 1. The minimum absolute atomic E-state index is 0.113. The number of sulfonamides is 1. The van der Waals surface area contributed by atoms with Gasteiger partial charge in [-0.1, -0.05) is 57.9 Å². The number of anilines is 1. The quantitative estimate of drug-likeness (QED) is 0.418. The van der Waals surface area contributed by atoms with Crippen molar-refractivity contribution >= 4 is 49.1 Å². The lowest BCUT2D eigenvalue weighted by molar-refractivity contribution is -0.116. The van der Waals surface area contributed by atoms with Crippen molar-refractivity contribution in [2.24, 2.45) is 0 Å². The molecule has 0 radical (unpaired) electrons. The molecular formula is C23H22BrClN2O4S. The minimum Gasteiger partial charge on any atom is -0.495 e. The first kappa shape index (κ1) is 24.3. The Kier molecular flexibility index (Phi) is 8.31. The Morgan fingerprint density at radius 1 is 1.06 bits per heavy atom. The molecule has 6 nitrogen and oxygen atoms in total. The molecule has 0 saturated carbocycles. The van der Waals surface area contributed by atoms with Gasteiger partial charge in [0.15, 0.2) is 0 Å². The molecule has 9 heteroatoms. The van der Waals surface area contributed by atoms with E-state index in [2.05, 4.69) is 21.2 Å². The first-order chi connectivity index (χ1) is 15.3. The topological polar surface area (TPSA) is 75.7 Å². The molecule has 0 saturated heterocycles. The Labute approximate surface area is 201 Å². The van der Waals surface area contributed by atoms with Gasteiger partial charge in [-0.3, -0.25) is 4.79 Å². The Hall–Kier alpha value is -2.39. The number of benzene rings is 3. The van der Waals surface area contributed by atoms with Gasteiger partial charge in [0.1, 0.15) is 5.75 Å². The van der Waals surface area contributed by atoms with Crippen molar-refractivity contribution in [3.63, 3.8) is 0 Å². The highest BCUT2D eigenvalue weighted by atomic mass is 79.9. The van der Waals surface area contributed by atoms with Crippen molar-refractivity contribution in [1.29, 1.82) is 0 Å². The second kappa shape index (κ2) is 11.0. The third kappa shape index (κ3) is 6.32. The van der Waals surface area contributed by atoms with Gasteiger partial charge in [-0.25, -0.2) is 8.42 Å². The van der Waals surface area contributed by atoms with Crippen LogP contribution < -0.4 is 10.1 Å². The highest BCUT2D eigenvalue weighted by Gasteiger charge is 2.27. The normalized spacial score (nSPS) is 11.4. The molecule has 0 aromatic heterocycles. The summed E-state index contributed by atoms with van der Waals surface area (Å²) in [5, 5.41) is 3.12. The van der Waals surface area contributed by atoms with E-state index in [0.717, 1.165) is 10.0 Å². The monoisotopic (exact) mass is 536 g/mol. The zero-order valence-electron chi connectivity index (χ0n) is 17.3. The molecule has 0 aliphatic rings. The maximum absolute atomic E-state index is 13.3. The summed E-state index contributed by atoms with van der Waals surface area (Å²) >= 11 is 9.34. The van der Waals surface area contributed by atoms with E-state index in [9.17, 15) is 13.2 Å². The fraction of sp³-hybridized carbons (Fsp3) is 0.174. The van der Waals surface area contributed by atoms with Crippen LogP contribution in [0.1, 0.15) is 5.56 Å². The smallest absolute Gasteiger partial charge is 0.243 e. The maximum atomic E-state index is 13.3. The predicted molar refractivity (Wildman–Crippen MR) is 130 cm³/mol. The lowest BCUT2D eigenvalue weighted by Gasteiger charge is -2.22. The summed E-state index contributed by atoms with van der Waals surface area (Å²) < 4.78 is 33.8. The van der Waals surface area contributed by atoms with Gasteiger partial charge >= 0.3 is 0 Å². The first-order valence-corrected chi connectivity index (χ1v) is 12.3. The third-order valence-electron chi connectivity index (χ3n) is 4.70. The molecular weight excluding hydrogens is 516 g/mol. The van der Waals surface area contributed by atoms with E-state index in [1.165, 1.54) is 23.5 Å². The summed E-state index contributed by atoms with van der Waals surface area (Å²) in [7, 11) is -2.43. The molecule has 3 aromatic carbocycles. The molecule has 168 valence electrons. The van der Waals surface area contributed by atoms with E-state index in [0.29, 0.717) is 22.9 Å². The van der Waals surface area contributed by atoms with Gasteiger partial charge in [0.2, 0.25) is 15.9 Å². The van der Waals surface area contributed by atoms with Gasteiger partial charge in [-0.2, -0.15) is 4.31 Å². The Morgan fingerprint density at radius 2 is 1.75 bits per heavy atom. The van der Waals surface area contributed by atoms with Crippen LogP contribution in [0.2, 0.25) is 5.02 Å². The second-order valence-corrected chi connectivity index (χ2v) is 10.2. The number of carbonyl (C=O) groups is 1. The van der Waals surface area contributed by atoms with Crippen molar-refractivity contribution in [1.82, 2.24) is 4.31 Å². The largest absolute Gasteiger partial charge is 0.495 e. The molecule has 0 fully saturated rings. The fourth-order valence-corrected chi connectivity index (χ4v) is 4.90. The lowest BCUT2D eigenvalue weighted by Crippen LogP contribution is -2.39. The van der Waals surface area contributed by atoms with E-state index in [1.54, 1.807) is 30.3 Å². The van der Waals surface area contributed by atoms with Gasteiger partial charge in [0.05, 0.1) is 24.2 Å². The summed E-state index contributed by atoms with van der Waals surface area (Å²) in [6.07, 6.45) is 0.463. The Morgan fingerprint density at radius 3 is 2.41 bits per heavy atom. The van der Waals surface area contributed by atoms with Crippen LogP contribution in [0.3, 0.4) is 0 Å². The molecule has 0 aliphatic heterocycles. The van der Waals surface area contributed by atoms with Crippen LogP contribution in [-0.4, -0.2) is 38.8 Å². The average molecular weight is 538 g/mol. The van der Waals surface area contributed by atoms with E-state index in [1.807, 2.05) is 30.3 Å². The number of methoxy groups -OCH3 is 1. The fourth-order valence-electron chi connectivity index (χ4n) is 3.07. The number of nitrogens with one attached hydrogen (secondary N) is 1. The molecule has 1 amide bonds. The molecule has 0 heterocycles. The number of rotatable bonds is 9. The SMILES string of the molecule is COc1ccc(Cl)cc1NC(=O)CN(CCc1ccccc1)S(=O)(=O)c1ccc(Br)cc1. The number of carbonyl (C=O) groups excluding carboxylic acids is 1. The molecule has 0 atom stereocenters. The number of amides is 1. The number of ether oxygens (including phenoxy) is 1. The third-order valence-corrected chi connectivity index (χ3v) is 7.32. The van der Waals surface area contributed by atoms with Gasteiger partial charge in [-0.15, -0.1) is 0 Å². The lowest BCUT2D eigenvalue weighted by atomic mass is 10.1. The zero-order chi connectivity index (χ0) is 23.1. The van der Waals surface area contributed by atoms with E-state index >= 15 is 0 Å². The number of hydrogen-bond acceptors (Lipinski definition) is 4. The summed E-state index contributed by atoms with van der Waals surface area (Å²) in [6.45, 7) is -0.219. The van der Waals surface area contributed by atoms with E-state index in [4.69, 9.17) is 16.3 Å². The Balaban J connectivity index is 1.84. The van der Waals surface area contributed by atoms with Crippen molar-refractivity contribution in [3.8, 4) is 5.75 Å². The van der Waals surface area contributed by atoms with Crippen LogP contribution in [-0.2, 0) is 21.2 Å². The highest BCUT2D eigenvalue weighted by Crippen LogP contribution is 2.28. The molecule has 3 aromatic rings. The molecule has 0 unspecified atom stereocenters.